The Morgan fingerprint density at radius 1 is 1.07 bits per heavy atom. The van der Waals surface area contributed by atoms with E-state index in [1.165, 1.54) is 11.3 Å². The molecule has 2 amide bonds. The average Bonchev–Trinajstić information content (AvgIpc) is 2.92. The summed E-state index contributed by atoms with van der Waals surface area (Å²) in [6.45, 7) is 0.190. The van der Waals surface area contributed by atoms with Gasteiger partial charge in [-0.3, -0.25) is 14.5 Å². The zero-order valence-corrected chi connectivity index (χ0v) is 16.8. The first-order valence-corrected chi connectivity index (χ1v) is 10.2. The number of benzene rings is 1. The molecule has 1 aromatic rings. The molecule has 0 saturated heterocycles. The summed E-state index contributed by atoms with van der Waals surface area (Å²) in [5.74, 6) is 0.0559. The fourth-order valence-electron chi connectivity index (χ4n) is 4.27. The van der Waals surface area contributed by atoms with Crippen molar-refractivity contribution in [3.63, 3.8) is 0 Å². The third-order valence-corrected chi connectivity index (χ3v) is 5.72. The van der Waals surface area contributed by atoms with Gasteiger partial charge in [0.05, 0.1) is 19.3 Å². The van der Waals surface area contributed by atoms with Crippen LogP contribution in [0.25, 0.3) is 5.57 Å². The minimum atomic E-state index is -0.257. The number of aliphatic hydroxyl groups is 1. The van der Waals surface area contributed by atoms with E-state index in [-0.39, 0.29) is 31.0 Å². The molecule has 1 N–H and O–H groups in total. The Bertz CT molecular complexity index is 751. The molecular formula is C22H30N2O4. The van der Waals surface area contributed by atoms with Crippen LogP contribution in [0, 0.1) is 0 Å². The molecule has 0 spiro atoms. The van der Waals surface area contributed by atoms with Gasteiger partial charge in [0.15, 0.2) is 0 Å². The first kappa shape index (κ1) is 20.4. The number of carbonyl (C=O) groups is 2. The second kappa shape index (κ2) is 9.24. The quantitative estimate of drug-likeness (QED) is 0.762. The van der Waals surface area contributed by atoms with Crippen molar-refractivity contribution in [1.82, 2.24) is 9.80 Å². The second-order valence-electron chi connectivity index (χ2n) is 7.55. The number of rotatable bonds is 6. The molecule has 1 heterocycles. The first-order valence-electron chi connectivity index (χ1n) is 10.2. The van der Waals surface area contributed by atoms with Gasteiger partial charge in [-0.2, -0.15) is 0 Å². The summed E-state index contributed by atoms with van der Waals surface area (Å²) in [7, 11) is 3.30. The third-order valence-electron chi connectivity index (χ3n) is 5.72. The largest absolute Gasteiger partial charge is 0.496 e. The number of nitrogens with zero attached hydrogens (tertiary/aromatic N) is 2. The molecule has 3 rings (SSSR count). The summed E-state index contributed by atoms with van der Waals surface area (Å²) < 4.78 is 5.46. The van der Waals surface area contributed by atoms with Gasteiger partial charge < -0.3 is 14.7 Å². The molecule has 1 aliphatic carbocycles. The zero-order chi connectivity index (χ0) is 20.1. The lowest BCUT2D eigenvalue weighted by atomic mass is 9.95. The molecule has 1 saturated carbocycles. The maximum absolute atomic E-state index is 13.5. The van der Waals surface area contributed by atoms with E-state index in [4.69, 9.17) is 4.74 Å². The fourth-order valence-corrected chi connectivity index (χ4v) is 4.27. The van der Waals surface area contributed by atoms with Gasteiger partial charge in [-0.05, 0) is 18.9 Å². The Labute approximate surface area is 166 Å². The van der Waals surface area contributed by atoms with Crippen LogP contribution in [0.15, 0.2) is 30.0 Å². The SMILES string of the molecule is COc1ccccc1C1=C(N(C)CCO)C(=O)N(C2CCCCCCC2)C1=O. The third kappa shape index (κ3) is 3.92. The van der Waals surface area contributed by atoms with Crippen LogP contribution in [-0.4, -0.2) is 60.1 Å². The van der Waals surface area contributed by atoms with Gasteiger partial charge in [-0.15, -0.1) is 0 Å². The molecule has 1 fully saturated rings. The Morgan fingerprint density at radius 3 is 2.36 bits per heavy atom. The van der Waals surface area contributed by atoms with E-state index in [1.807, 2.05) is 18.2 Å². The number of likely N-dealkylation sites (N-methyl/N-ethyl adjacent to an activating group) is 1. The molecule has 152 valence electrons. The number of hydrogen-bond acceptors (Lipinski definition) is 5. The van der Waals surface area contributed by atoms with Crippen molar-refractivity contribution in [2.24, 2.45) is 0 Å². The number of para-hydroxylation sites is 1. The summed E-state index contributed by atoms with van der Waals surface area (Å²) in [5, 5.41) is 9.39. The summed E-state index contributed by atoms with van der Waals surface area (Å²) in [5.41, 5.74) is 1.35. The van der Waals surface area contributed by atoms with E-state index in [0.29, 0.717) is 22.6 Å². The van der Waals surface area contributed by atoms with Gasteiger partial charge in [-0.1, -0.05) is 50.3 Å². The molecule has 0 unspecified atom stereocenters. The number of aliphatic hydroxyl groups excluding tert-OH is 1. The highest BCUT2D eigenvalue weighted by Crippen LogP contribution is 2.38. The van der Waals surface area contributed by atoms with Crippen LogP contribution in [0.5, 0.6) is 5.75 Å². The molecular weight excluding hydrogens is 356 g/mol. The van der Waals surface area contributed by atoms with E-state index in [9.17, 15) is 14.7 Å². The second-order valence-corrected chi connectivity index (χ2v) is 7.55. The van der Waals surface area contributed by atoms with Crippen molar-refractivity contribution in [3.05, 3.63) is 35.5 Å². The Hall–Kier alpha value is -2.34. The van der Waals surface area contributed by atoms with Crippen LogP contribution >= 0.6 is 0 Å². The predicted octanol–water partition coefficient (Wildman–Crippen LogP) is 2.81. The number of methoxy groups -OCH3 is 1. The number of carbonyl (C=O) groups excluding carboxylic acids is 2. The minimum Gasteiger partial charge on any atom is -0.496 e. The Kier molecular flexibility index (Phi) is 6.73. The fraction of sp³-hybridized carbons (Fsp3) is 0.545. The minimum absolute atomic E-state index is 0.0648. The van der Waals surface area contributed by atoms with Gasteiger partial charge in [0.25, 0.3) is 11.8 Å². The Morgan fingerprint density at radius 2 is 1.71 bits per heavy atom. The lowest BCUT2D eigenvalue weighted by Crippen LogP contribution is -2.42. The van der Waals surface area contributed by atoms with Crippen molar-refractivity contribution in [2.45, 2.75) is 51.0 Å². The van der Waals surface area contributed by atoms with Gasteiger partial charge in [0.2, 0.25) is 0 Å². The zero-order valence-electron chi connectivity index (χ0n) is 16.8. The molecule has 1 aromatic carbocycles. The highest BCUT2D eigenvalue weighted by molar-refractivity contribution is 6.36. The normalized spacial score (nSPS) is 19.0. The van der Waals surface area contributed by atoms with Crippen molar-refractivity contribution in [3.8, 4) is 5.75 Å². The summed E-state index contributed by atoms with van der Waals surface area (Å²) in [4.78, 5) is 30.1. The van der Waals surface area contributed by atoms with Crippen LogP contribution in [-0.2, 0) is 9.59 Å². The highest BCUT2D eigenvalue weighted by Gasteiger charge is 2.44. The molecule has 0 atom stereocenters. The van der Waals surface area contributed by atoms with Crippen LogP contribution in [0.1, 0.15) is 50.5 Å². The van der Waals surface area contributed by atoms with E-state index < -0.39 is 0 Å². The van der Waals surface area contributed by atoms with E-state index in [2.05, 4.69) is 0 Å². The van der Waals surface area contributed by atoms with Crippen molar-refractivity contribution >= 4 is 17.4 Å². The lowest BCUT2D eigenvalue weighted by molar-refractivity contribution is -0.140. The maximum Gasteiger partial charge on any atom is 0.278 e. The molecule has 0 radical (unpaired) electrons. The Balaban J connectivity index is 2.04. The molecule has 6 nitrogen and oxygen atoms in total. The van der Waals surface area contributed by atoms with E-state index in [1.54, 1.807) is 25.1 Å². The monoisotopic (exact) mass is 386 g/mol. The number of hydrogen-bond donors (Lipinski definition) is 1. The van der Waals surface area contributed by atoms with Crippen molar-refractivity contribution < 1.29 is 19.4 Å². The van der Waals surface area contributed by atoms with Crippen LogP contribution in [0.2, 0.25) is 0 Å². The van der Waals surface area contributed by atoms with E-state index in [0.717, 1.165) is 38.5 Å². The standard InChI is InChI=1S/C22H30N2O4/c1-23(14-15-25)20-19(17-12-8-9-13-18(17)28-2)21(26)24(22(20)27)16-10-6-4-3-5-7-11-16/h8-9,12-13,16,25H,3-7,10-11,14-15H2,1-2H3. The lowest BCUT2D eigenvalue weighted by Gasteiger charge is -2.29. The average molecular weight is 386 g/mol. The summed E-state index contributed by atoms with van der Waals surface area (Å²) in [6, 6.07) is 7.22. The van der Waals surface area contributed by atoms with Crippen LogP contribution < -0.4 is 4.74 Å². The summed E-state index contributed by atoms with van der Waals surface area (Å²) >= 11 is 0. The van der Waals surface area contributed by atoms with Crippen molar-refractivity contribution in [2.75, 3.05) is 27.3 Å². The summed E-state index contributed by atoms with van der Waals surface area (Å²) in [6.07, 6.45) is 7.31. The van der Waals surface area contributed by atoms with Crippen LogP contribution in [0.4, 0.5) is 0 Å². The molecule has 28 heavy (non-hydrogen) atoms. The first-order chi connectivity index (χ1) is 13.6. The predicted molar refractivity (Wildman–Crippen MR) is 108 cm³/mol. The van der Waals surface area contributed by atoms with Gasteiger partial charge in [0, 0.05) is 25.2 Å². The van der Waals surface area contributed by atoms with Gasteiger partial charge >= 0.3 is 0 Å². The van der Waals surface area contributed by atoms with Gasteiger partial charge in [-0.25, -0.2) is 0 Å². The molecule has 0 aromatic heterocycles. The molecule has 2 aliphatic rings. The van der Waals surface area contributed by atoms with Crippen molar-refractivity contribution in [1.29, 1.82) is 0 Å². The van der Waals surface area contributed by atoms with Crippen LogP contribution in [0.3, 0.4) is 0 Å². The van der Waals surface area contributed by atoms with E-state index >= 15 is 0 Å². The number of ether oxygens (including phenoxy) is 1. The molecule has 0 bridgehead atoms. The van der Waals surface area contributed by atoms with Gasteiger partial charge in [0.1, 0.15) is 11.4 Å². The smallest absolute Gasteiger partial charge is 0.278 e. The number of amides is 2. The molecule has 6 heteroatoms. The topological polar surface area (TPSA) is 70.1 Å². The molecule has 1 aliphatic heterocycles. The highest BCUT2D eigenvalue weighted by atomic mass is 16.5. The maximum atomic E-state index is 13.5. The number of imide groups is 1.